The summed E-state index contributed by atoms with van der Waals surface area (Å²) in [6.45, 7) is 2.42. The van der Waals surface area contributed by atoms with Crippen molar-refractivity contribution in [3.05, 3.63) is 46.6 Å². The number of nitrogens with one attached hydrogen (secondary N) is 1. The molecule has 1 amide bonds. The van der Waals surface area contributed by atoms with Crippen molar-refractivity contribution in [2.45, 2.75) is 19.6 Å². The predicted octanol–water partition coefficient (Wildman–Crippen LogP) is 2.17. The van der Waals surface area contributed by atoms with Crippen LogP contribution in [0.3, 0.4) is 0 Å². The zero-order valence-electron chi connectivity index (χ0n) is 13.5. The quantitative estimate of drug-likeness (QED) is 0.700. The van der Waals surface area contributed by atoms with Gasteiger partial charge in [0.15, 0.2) is 11.5 Å². The lowest BCUT2D eigenvalue weighted by atomic mass is 10.3. The molecule has 2 N–H and O–H groups in total. The maximum Gasteiger partial charge on any atom is 0.273 e. The lowest BCUT2D eigenvalue weighted by molar-refractivity contribution is 0.0417. The maximum atomic E-state index is 13.0. The smallest absolute Gasteiger partial charge is 0.273 e. The molecule has 25 heavy (non-hydrogen) atoms. The molecule has 1 heterocycles. The number of benzene rings is 1. The normalized spacial score (nSPS) is 12.0. The third-order valence-corrected chi connectivity index (χ3v) is 3.36. The van der Waals surface area contributed by atoms with Gasteiger partial charge in [0.2, 0.25) is 0 Å². The van der Waals surface area contributed by atoms with E-state index in [0.717, 1.165) is 6.07 Å². The molecule has 0 aliphatic rings. The molecule has 0 saturated heterocycles. The molecule has 0 radical (unpaired) electrons. The van der Waals surface area contributed by atoms with Crippen molar-refractivity contribution >= 4 is 17.5 Å². The van der Waals surface area contributed by atoms with Crippen LogP contribution in [-0.4, -0.2) is 42.0 Å². The Morgan fingerprint density at radius 2 is 2.28 bits per heavy atom. The van der Waals surface area contributed by atoms with Crippen molar-refractivity contribution in [1.82, 2.24) is 10.5 Å². The number of nitrogens with zero attached hydrogens (tertiary/aromatic N) is 1. The third-order valence-electron chi connectivity index (χ3n) is 3.07. The fourth-order valence-corrected chi connectivity index (χ4v) is 2.06. The minimum atomic E-state index is -0.806. The van der Waals surface area contributed by atoms with Crippen molar-refractivity contribution in [2.24, 2.45) is 0 Å². The Kier molecular flexibility index (Phi) is 7.17. The summed E-state index contributed by atoms with van der Waals surface area (Å²) in [4.78, 5) is 11.9. The molecular formula is C16H18ClFN2O5. The van der Waals surface area contributed by atoms with Crippen LogP contribution >= 0.6 is 11.6 Å². The second kappa shape index (κ2) is 9.36. The number of carbonyl (C=O) groups is 1. The Morgan fingerprint density at radius 3 is 3.00 bits per heavy atom. The number of hydrogen-bond acceptors (Lipinski definition) is 6. The first-order chi connectivity index (χ1) is 12.0. The molecule has 0 aliphatic heterocycles. The van der Waals surface area contributed by atoms with Crippen LogP contribution in [0.15, 0.2) is 28.8 Å². The average molecular weight is 373 g/mol. The van der Waals surface area contributed by atoms with Gasteiger partial charge in [-0.15, -0.1) is 0 Å². The number of rotatable bonds is 9. The maximum absolute atomic E-state index is 13.0. The van der Waals surface area contributed by atoms with E-state index in [1.54, 1.807) is 0 Å². The predicted molar refractivity (Wildman–Crippen MR) is 87.1 cm³/mol. The van der Waals surface area contributed by atoms with Gasteiger partial charge in [0.1, 0.15) is 18.2 Å². The molecule has 9 heteroatoms. The average Bonchev–Trinajstić information content (AvgIpc) is 3.06. The zero-order chi connectivity index (χ0) is 18.2. The van der Waals surface area contributed by atoms with Crippen LogP contribution < -0.4 is 10.1 Å². The number of aliphatic hydroxyl groups is 1. The van der Waals surface area contributed by atoms with Gasteiger partial charge in [0.05, 0.1) is 17.7 Å². The van der Waals surface area contributed by atoms with Crippen LogP contribution in [0.2, 0.25) is 5.02 Å². The van der Waals surface area contributed by atoms with Crippen LogP contribution in [0.1, 0.15) is 23.2 Å². The van der Waals surface area contributed by atoms with Gasteiger partial charge in [0, 0.05) is 19.2 Å². The van der Waals surface area contributed by atoms with Gasteiger partial charge in [-0.2, -0.15) is 0 Å². The number of hydrogen-bond donors (Lipinski definition) is 2. The molecule has 7 nitrogen and oxygen atoms in total. The fraction of sp³-hybridized carbons (Fsp3) is 0.375. The Bertz CT molecular complexity index is 710. The van der Waals surface area contributed by atoms with Gasteiger partial charge in [-0.05, 0) is 25.1 Å². The lowest BCUT2D eigenvalue weighted by Crippen LogP contribution is -2.34. The van der Waals surface area contributed by atoms with E-state index in [0.29, 0.717) is 12.4 Å². The molecular weight excluding hydrogens is 355 g/mol. The minimum Gasteiger partial charge on any atom is -0.484 e. The van der Waals surface area contributed by atoms with E-state index in [2.05, 4.69) is 10.5 Å². The first-order valence-corrected chi connectivity index (χ1v) is 7.94. The summed E-state index contributed by atoms with van der Waals surface area (Å²) in [6.07, 6.45) is -0.806. The molecule has 0 aliphatic carbocycles. The highest BCUT2D eigenvalue weighted by molar-refractivity contribution is 6.32. The molecule has 136 valence electrons. The summed E-state index contributed by atoms with van der Waals surface area (Å²) >= 11 is 5.85. The largest absolute Gasteiger partial charge is 0.484 e. The van der Waals surface area contributed by atoms with Gasteiger partial charge in [0.25, 0.3) is 5.91 Å². The summed E-state index contributed by atoms with van der Waals surface area (Å²) in [7, 11) is 0. The fourth-order valence-electron chi connectivity index (χ4n) is 1.84. The highest BCUT2D eigenvalue weighted by atomic mass is 35.5. The van der Waals surface area contributed by atoms with E-state index in [1.807, 2.05) is 6.92 Å². The van der Waals surface area contributed by atoms with E-state index < -0.39 is 17.8 Å². The number of amides is 1. The molecule has 1 aromatic heterocycles. The van der Waals surface area contributed by atoms with Crippen LogP contribution in [0.25, 0.3) is 0 Å². The summed E-state index contributed by atoms with van der Waals surface area (Å²) in [5.41, 5.74) is 0.0485. The van der Waals surface area contributed by atoms with Crippen LogP contribution in [0.4, 0.5) is 4.39 Å². The summed E-state index contributed by atoms with van der Waals surface area (Å²) in [5, 5.41) is 15.9. The standard InChI is InChI=1S/C16H18ClFN2O5/c1-2-23-8-11(21)7-19-16(22)14-6-12(25-20-14)9-24-15-4-3-10(18)5-13(15)17/h3-6,11,21H,2,7-9H2,1H3,(H,19,22)/t11-/m1/s1. The Morgan fingerprint density at radius 1 is 1.48 bits per heavy atom. The molecule has 2 aromatic rings. The van der Waals surface area contributed by atoms with Crippen molar-refractivity contribution in [3.63, 3.8) is 0 Å². The van der Waals surface area contributed by atoms with Crippen LogP contribution in [0, 0.1) is 5.82 Å². The van der Waals surface area contributed by atoms with Crippen LogP contribution in [0.5, 0.6) is 5.75 Å². The van der Waals surface area contributed by atoms with Crippen LogP contribution in [-0.2, 0) is 11.3 Å². The number of carbonyl (C=O) groups excluding carboxylic acids is 1. The van der Waals surface area contributed by atoms with E-state index in [-0.39, 0.29) is 36.2 Å². The van der Waals surface area contributed by atoms with Crippen molar-refractivity contribution in [1.29, 1.82) is 0 Å². The van der Waals surface area contributed by atoms with Crippen molar-refractivity contribution < 1.29 is 28.3 Å². The Hall–Kier alpha value is -2.16. The summed E-state index contributed by atoms with van der Waals surface area (Å²) < 4.78 is 28.4. The topological polar surface area (TPSA) is 93.8 Å². The number of aromatic nitrogens is 1. The van der Waals surface area contributed by atoms with Gasteiger partial charge in [-0.3, -0.25) is 4.79 Å². The molecule has 0 fully saturated rings. The Labute approximate surface area is 148 Å². The zero-order valence-corrected chi connectivity index (χ0v) is 14.3. The molecule has 0 spiro atoms. The van der Waals surface area contributed by atoms with Gasteiger partial charge >= 0.3 is 0 Å². The Balaban J connectivity index is 1.83. The van der Waals surface area contributed by atoms with E-state index in [9.17, 15) is 14.3 Å². The summed E-state index contributed by atoms with van der Waals surface area (Å²) in [6, 6.07) is 5.14. The SMILES string of the molecule is CCOC[C@H](O)CNC(=O)c1cc(COc2ccc(F)cc2Cl)on1. The van der Waals surface area contributed by atoms with Gasteiger partial charge in [-0.25, -0.2) is 4.39 Å². The first kappa shape index (κ1) is 19.2. The monoisotopic (exact) mass is 372 g/mol. The summed E-state index contributed by atoms with van der Waals surface area (Å²) in [5.74, 6) is -0.391. The molecule has 0 unspecified atom stereocenters. The second-order valence-corrected chi connectivity index (χ2v) is 5.47. The number of halogens is 2. The highest BCUT2D eigenvalue weighted by Gasteiger charge is 2.15. The van der Waals surface area contributed by atoms with E-state index in [4.69, 9.17) is 25.6 Å². The third kappa shape index (κ3) is 6.00. The van der Waals surface area contributed by atoms with E-state index >= 15 is 0 Å². The molecule has 1 aromatic carbocycles. The van der Waals surface area contributed by atoms with Gasteiger partial charge < -0.3 is 24.4 Å². The molecule has 0 bridgehead atoms. The van der Waals surface area contributed by atoms with Gasteiger partial charge in [-0.1, -0.05) is 16.8 Å². The molecule has 0 saturated carbocycles. The molecule has 2 rings (SSSR count). The number of ether oxygens (including phenoxy) is 2. The van der Waals surface area contributed by atoms with Crippen molar-refractivity contribution in [3.8, 4) is 5.75 Å². The minimum absolute atomic E-state index is 0.0292. The number of aliphatic hydroxyl groups excluding tert-OH is 1. The second-order valence-electron chi connectivity index (χ2n) is 5.07. The van der Waals surface area contributed by atoms with Crippen molar-refractivity contribution in [2.75, 3.05) is 19.8 Å². The lowest BCUT2D eigenvalue weighted by Gasteiger charge is -2.10. The highest BCUT2D eigenvalue weighted by Crippen LogP contribution is 2.25. The molecule has 1 atom stereocenters. The first-order valence-electron chi connectivity index (χ1n) is 7.57. The van der Waals surface area contributed by atoms with E-state index in [1.165, 1.54) is 18.2 Å².